The minimum atomic E-state index is -0.210. The van der Waals surface area contributed by atoms with E-state index in [1.54, 1.807) is 6.92 Å². The number of rotatable bonds is 6. The smallest absolute Gasteiger partial charge is 0.196 e. The van der Waals surface area contributed by atoms with E-state index >= 15 is 0 Å². The highest BCUT2D eigenvalue weighted by Gasteiger charge is 2.29. The molecule has 0 saturated carbocycles. The summed E-state index contributed by atoms with van der Waals surface area (Å²) >= 11 is 0. The molecule has 1 N–H and O–H groups in total. The molecular formula is C21H28N4O2. The molecule has 1 unspecified atom stereocenters. The molecule has 3 heterocycles. The fourth-order valence-electron chi connectivity index (χ4n) is 3.93. The first-order chi connectivity index (χ1) is 12.9. The number of Topliss-reactive ketones (excluding diaryl/α,β-unsaturated/α-hetero) is 2. The number of carbonyl (C=O) groups excluding carboxylic acids is 2. The third-order valence-corrected chi connectivity index (χ3v) is 5.48. The Hall–Kier alpha value is -2.31. The number of hydrogen-bond acceptors (Lipinski definition) is 5. The molecule has 0 spiro atoms. The Kier molecular flexibility index (Phi) is 5.87. The highest BCUT2D eigenvalue weighted by molar-refractivity contribution is 6.05. The van der Waals surface area contributed by atoms with Crippen LogP contribution in [-0.2, 0) is 6.54 Å². The molecule has 0 aliphatic carbocycles. The first kappa shape index (κ1) is 19.5. The average molecular weight is 368 g/mol. The molecule has 0 bridgehead atoms. The summed E-state index contributed by atoms with van der Waals surface area (Å²) in [6.45, 7) is 11.6. The third-order valence-electron chi connectivity index (χ3n) is 5.48. The van der Waals surface area contributed by atoms with Crippen molar-refractivity contribution in [2.24, 2.45) is 0 Å². The maximum atomic E-state index is 13.0. The van der Waals surface area contributed by atoms with Gasteiger partial charge in [-0.1, -0.05) is 6.07 Å². The number of aryl methyl sites for hydroxylation is 1. The van der Waals surface area contributed by atoms with Crippen LogP contribution >= 0.6 is 0 Å². The number of carbonyl (C=O) groups is 2. The van der Waals surface area contributed by atoms with Gasteiger partial charge in [0.2, 0.25) is 0 Å². The van der Waals surface area contributed by atoms with Gasteiger partial charge in [-0.15, -0.1) is 0 Å². The number of hydrogen-bond donors (Lipinski definition) is 1. The summed E-state index contributed by atoms with van der Waals surface area (Å²) in [5, 5.41) is 0. The number of nitrogens with zero attached hydrogens (tertiary/aromatic N) is 3. The molecule has 1 aliphatic heterocycles. The molecule has 0 amide bonds. The Morgan fingerprint density at radius 2 is 1.89 bits per heavy atom. The van der Waals surface area contributed by atoms with Crippen molar-refractivity contribution in [1.82, 2.24) is 19.8 Å². The summed E-state index contributed by atoms with van der Waals surface area (Å²) in [6, 6.07) is 5.77. The van der Waals surface area contributed by atoms with E-state index < -0.39 is 0 Å². The molecule has 3 rings (SSSR count). The molecule has 27 heavy (non-hydrogen) atoms. The van der Waals surface area contributed by atoms with Gasteiger partial charge in [-0.2, -0.15) is 0 Å². The lowest BCUT2D eigenvalue weighted by Gasteiger charge is -2.37. The van der Waals surface area contributed by atoms with Gasteiger partial charge < -0.3 is 4.98 Å². The van der Waals surface area contributed by atoms with Gasteiger partial charge in [-0.25, -0.2) is 0 Å². The van der Waals surface area contributed by atoms with Gasteiger partial charge in [0.1, 0.15) is 0 Å². The van der Waals surface area contributed by atoms with Gasteiger partial charge in [0.25, 0.3) is 0 Å². The highest BCUT2D eigenvalue weighted by Crippen LogP contribution is 2.21. The zero-order valence-corrected chi connectivity index (χ0v) is 16.6. The standard InChI is InChI=1S/C21H28N4O2/c1-14-19(17(4)26)15(2)23-20(14)21(27)16(3)25-11-9-24(10-12-25)13-18-7-5-6-8-22-18/h5-8,16,23H,9-13H2,1-4H3. The van der Waals surface area contributed by atoms with Crippen LogP contribution in [0.15, 0.2) is 24.4 Å². The van der Waals surface area contributed by atoms with Crippen LogP contribution in [0.5, 0.6) is 0 Å². The van der Waals surface area contributed by atoms with Crippen LogP contribution in [0.2, 0.25) is 0 Å². The molecule has 1 fully saturated rings. The fraction of sp³-hybridized carbons (Fsp3) is 0.476. The van der Waals surface area contributed by atoms with Crippen molar-refractivity contribution in [3.05, 3.63) is 52.6 Å². The summed E-state index contributed by atoms with van der Waals surface area (Å²) in [7, 11) is 0. The Morgan fingerprint density at radius 3 is 2.44 bits per heavy atom. The quantitative estimate of drug-likeness (QED) is 0.794. The molecule has 6 heteroatoms. The maximum absolute atomic E-state index is 13.0. The second-order valence-corrected chi connectivity index (χ2v) is 7.35. The van der Waals surface area contributed by atoms with Crippen LogP contribution in [-0.4, -0.2) is 63.6 Å². The predicted octanol–water partition coefficient (Wildman–Crippen LogP) is 2.62. The van der Waals surface area contributed by atoms with Gasteiger partial charge in [0.15, 0.2) is 11.6 Å². The first-order valence-electron chi connectivity index (χ1n) is 9.49. The van der Waals surface area contributed by atoms with Crippen LogP contribution in [0.1, 0.15) is 51.6 Å². The topological polar surface area (TPSA) is 69.3 Å². The van der Waals surface area contributed by atoms with Crippen LogP contribution in [0.3, 0.4) is 0 Å². The summed E-state index contributed by atoms with van der Waals surface area (Å²) in [5.41, 5.74) is 3.83. The predicted molar refractivity (Wildman–Crippen MR) is 105 cm³/mol. The molecule has 1 saturated heterocycles. The van der Waals surface area contributed by atoms with Crippen LogP contribution in [0, 0.1) is 13.8 Å². The summed E-state index contributed by atoms with van der Waals surface area (Å²) < 4.78 is 0. The lowest BCUT2D eigenvalue weighted by molar-refractivity contribution is 0.0680. The van der Waals surface area contributed by atoms with E-state index in [4.69, 9.17) is 0 Å². The molecular weight excluding hydrogens is 340 g/mol. The van der Waals surface area contributed by atoms with Crippen molar-refractivity contribution < 1.29 is 9.59 Å². The van der Waals surface area contributed by atoms with Crippen LogP contribution < -0.4 is 0 Å². The number of nitrogens with one attached hydrogen (secondary N) is 1. The monoisotopic (exact) mass is 368 g/mol. The average Bonchev–Trinajstić information content (AvgIpc) is 2.96. The molecule has 1 atom stereocenters. The minimum Gasteiger partial charge on any atom is -0.355 e. The third kappa shape index (κ3) is 4.17. The van der Waals surface area contributed by atoms with Gasteiger partial charge in [0, 0.05) is 50.2 Å². The number of aromatic nitrogens is 2. The Balaban J connectivity index is 1.62. The molecule has 0 aromatic carbocycles. The van der Waals surface area contributed by atoms with Gasteiger partial charge in [0.05, 0.1) is 17.4 Å². The fourth-order valence-corrected chi connectivity index (χ4v) is 3.93. The van der Waals surface area contributed by atoms with Crippen molar-refractivity contribution in [3.8, 4) is 0 Å². The molecule has 0 radical (unpaired) electrons. The minimum absolute atomic E-state index is 0.00362. The first-order valence-corrected chi connectivity index (χ1v) is 9.49. The van der Waals surface area contributed by atoms with Gasteiger partial charge >= 0.3 is 0 Å². The highest BCUT2D eigenvalue weighted by atomic mass is 16.1. The summed E-state index contributed by atoms with van der Waals surface area (Å²) in [6.07, 6.45) is 1.82. The lowest BCUT2D eigenvalue weighted by atomic mass is 10.0. The van der Waals surface area contributed by atoms with E-state index in [-0.39, 0.29) is 17.6 Å². The van der Waals surface area contributed by atoms with E-state index in [9.17, 15) is 9.59 Å². The van der Waals surface area contributed by atoms with E-state index in [2.05, 4.69) is 19.8 Å². The van der Waals surface area contributed by atoms with Crippen molar-refractivity contribution in [3.63, 3.8) is 0 Å². The van der Waals surface area contributed by atoms with E-state index in [0.29, 0.717) is 11.3 Å². The van der Waals surface area contributed by atoms with E-state index in [1.807, 2.05) is 45.2 Å². The summed E-state index contributed by atoms with van der Waals surface area (Å²) in [4.78, 5) is 37.0. The molecule has 1 aliphatic rings. The van der Waals surface area contributed by atoms with Gasteiger partial charge in [-0.05, 0) is 45.4 Å². The van der Waals surface area contributed by atoms with Crippen LogP contribution in [0.4, 0.5) is 0 Å². The van der Waals surface area contributed by atoms with Crippen molar-refractivity contribution >= 4 is 11.6 Å². The Bertz CT molecular complexity index is 820. The largest absolute Gasteiger partial charge is 0.355 e. The van der Waals surface area contributed by atoms with Gasteiger partial charge in [-0.3, -0.25) is 24.4 Å². The number of pyridine rings is 1. The molecule has 2 aromatic rings. The van der Waals surface area contributed by atoms with E-state index in [1.165, 1.54) is 0 Å². The number of piperazine rings is 1. The second-order valence-electron chi connectivity index (χ2n) is 7.35. The summed E-state index contributed by atoms with van der Waals surface area (Å²) in [5.74, 6) is 0.0531. The number of aromatic amines is 1. The van der Waals surface area contributed by atoms with Crippen molar-refractivity contribution in [2.45, 2.75) is 40.3 Å². The Labute approximate surface area is 160 Å². The molecule has 2 aromatic heterocycles. The number of H-pyrrole nitrogens is 1. The molecule has 144 valence electrons. The SMILES string of the molecule is CC(=O)c1c(C)[nH]c(C(=O)C(C)N2CCN(Cc3ccccn3)CC2)c1C. The van der Waals surface area contributed by atoms with E-state index in [0.717, 1.165) is 49.7 Å². The van der Waals surface area contributed by atoms with Crippen molar-refractivity contribution in [2.75, 3.05) is 26.2 Å². The maximum Gasteiger partial charge on any atom is 0.196 e. The van der Waals surface area contributed by atoms with Crippen molar-refractivity contribution in [1.29, 1.82) is 0 Å². The zero-order chi connectivity index (χ0) is 19.6. The van der Waals surface area contributed by atoms with Crippen LogP contribution in [0.25, 0.3) is 0 Å². The Morgan fingerprint density at radius 1 is 1.19 bits per heavy atom. The number of ketones is 2. The lowest BCUT2D eigenvalue weighted by Crippen LogP contribution is -2.51. The molecule has 6 nitrogen and oxygen atoms in total. The second kappa shape index (κ2) is 8.15. The normalized spacial score (nSPS) is 17.0. The zero-order valence-electron chi connectivity index (χ0n) is 16.6.